The molecule has 0 radical (unpaired) electrons. The lowest BCUT2D eigenvalue weighted by molar-refractivity contribution is 0.139. The quantitative estimate of drug-likeness (QED) is 0.159. The minimum absolute atomic E-state index is 0.0696. The fourth-order valence-corrected chi connectivity index (χ4v) is 5.82. The van der Waals surface area contributed by atoms with Crippen molar-refractivity contribution in [3.05, 3.63) is 95.8 Å². The van der Waals surface area contributed by atoms with Gasteiger partial charge in [-0.05, 0) is 35.4 Å². The van der Waals surface area contributed by atoms with Crippen LogP contribution in [0.2, 0.25) is 0 Å². The van der Waals surface area contributed by atoms with Gasteiger partial charge in [-0.3, -0.25) is 4.57 Å². The molecule has 1 aromatic heterocycles. The minimum Gasteiger partial charge on any atom is -0.449 e. The lowest BCUT2D eigenvalue weighted by Crippen LogP contribution is -2.31. The number of carbonyl (C=O) groups excluding carboxylic acids is 1. The van der Waals surface area contributed by atoms with Gasteiger partial charge < -0.3 is 14.6 Å². The zero-order valence-corrected chi connectivity index (χ0v) is 24.1. The number of nitrogens with one attached hydrogen (secondary N) is 1. The Hall–Kier alpha value is -4.29. The largest absolute Gasteiger partial charge is 0.512 e. The lowest BCUT2D eigenvalue weighted by atomic mass is 10.0. The van der Waals surface area contributed by atoms with E-state index in [0.717, 1.165) is 17.5 Å². The molecule has 0 aliphatic rings. The summed E-state index contributed by atoms with van der Waals surface area (Å²) >= 11 is 1.30. The molecule has 214 valence electrons. The normalized spacial score (nSPS) is 11.2. The van der Waals surface area contributed by atoms with Gasteiger partial charge in [-0.15, -0.1) is 11.8 Å². The molecule has 4 rings (SSSR count). The third-order valence-electron chi connectivity index (χ3n) is 6.03. The van der Waals surface area contributed by atoms with Crippen molar-refractivity contribution < 1.29 is 32.6 Å². The highest BCUT2D eigenvalue weighted by molar-refractivity contribution is 7.98. The maximum absolute atomic E-state index is 13.1. The average molecular weight is 596 g/mol. The van der Waals surface area contributed by atoms with Crippen LogP contribution in [0.5, 0.6) is 5.88 Å². The summed E-state index contributed by atoms with van der Waals surface area (Å²) in [5.74, 6) is 0.873. The van der Waals surface area contributed by atoms with Crippen LogP contribution in [0.3, 0.4) is 0 Å². The van der Waals surface area contributed by atoms with Crippen molar-refractivity contribution in [3.8, 4) is 17.0 Å². The Morgan fingerprint density at radius 2 is 1.66 bits per heavy atom. The number of carboxylic acid groups (broad SMARTS) is 1. The number of hydrogen-bond donors (Lipinski definition) is 2. The molecule has 10 nitrogen and oxygen atoms in total. The van der Waals surface area contributed by atoms with Gasteiger partial charge in [-0.25, -0.2) is 27.7 Å². The van der Waals surface area contributed by atoms with Gasteiger partial charge >= 0.3 is 12.2 Å². The molecule has 3 aromatic carbocycles. The molecule has 1 amide bonds. The van der Waals surface area contributed by atoms with Crippen LogP contribution in [0.4, 0.5) is 9.59 Å². The van der Waals surface area contributed by atoms with Gasteiger partial charge in [0.1, 0.15) is 12.4 Å². The fourth-order valence-electron chi connectivity index (χ4n) is 4.18. The number of imidazole rings is 1. The Balaban J connectivity index is 1.55. The Morgan fingerprint density at radius 3 is 2.32 bits per heavy atom. The number of carbonyl (C=O) groups is 2. The van der Waals surface area contributed by atoms with Crippen molar-refractivity contribution >= 4 is 34.0 Å². The van der Waals surface area contributed by atoms with Gasteiger partial charge in [-0.1, -0.05) is 79.7 Å². The Labute approximate surface area is 242 Å². The van der Waals surface area contributed by atoms with Crippen LogP contribution in [-0.2, 0) is 34.3 Å². The number of ether oxygens (including phenoxy) is 2. The summed E-state index contributed by atoms with van der Waals surface area (Å²) in [6.45, 7) is 2.24. The van der Waals surface area contributed by atoms with Gasteiger partial charge in [0.2, 0.25) is 5.88 Å². The predicted molar refractivity (Wildman–Crippen MR) is 155 cm³/mol. The van der Waals surface area contributed by atoms with Gasteiger partial charge in [0.05, 0.1) is 11.4 Å². The Bertz CT molecular complexity index is 1620. The summed E-state index contributed by atoms with van der Waals surface area (Å²) < 4.78 is 40.1. The molecule has 0 spiro atoms. The standard InChI is InChI=1S/C29H29N3O7S2/c1-3-9-25-30-26(40-2)27(39-29(34)35)32(25)18-20-14-16-22(17-15-20)23-12-7-8-13-24(23)41(36,37)31-28(33)38-19-21-10-5-4-6-11-21/h4-8,10-17H,3,9,18-19H2,1-2H3,(H,31,33)(H,34,35). The summed E-state index contributed by atoms with van der Waals surface area (Å²) in [6, 6.07) is 22.4. The molecule has 4 aromatic rings. The molecule has 1 heterocycles. The number of rotatable bonds is 11. The van der Waals surface area contributed by atoms with E-state index in [1.807, 2.05) is 29.8 Å². The molecule has 0 aliphatic heterocycles. The fraction of sp³-hybridized carbons (Fsp3) is 0.207. The molecule has 2 N–H and O–H groups in total. The summed E-state index contributed by atoms with van der Waals surface area (Å²) in [5, 5.41) is 9.74. The van der Waals surface area contributed by atoms with Crippen molar-refractivity contribution in [3.63, 3.8) is 0 Å². The summed E-state index contributed by atoms with van der Waals surface area (Å²) in [5.41, 5.74) is 2.56. The Morgan fingerprint density at radius 1 is 0.976 bits per heavy atom. The second-order valence-corrected chi connectivity index (χ2v) is 11.4. The molecule has 0 unspecified atom stereocenters. The van der Waals surface area contributed by atoms with E-state index in [4.69, 9.17) is 9.47 Å². The van der Waals surface area contributed by atoms with Crippen molar-refractivity contribution in [2.75, 3.05) is 6.26 Å². The predicted octanol–water partition coefficient (Wildman–Crippen LogP) is 5.94. The van der Waals surface area contributed by atoms with E-state index < -0.39 is 22.3 Å². The topological polar surface area (TPSA) is 137 Å². The molecule has 0 aliphatic carbocycles. The monoisotopic (exact) mass is 595 g/mol. The summed E-state index contributed by atoms with van der Waals surface area (Å²) in [4.78, 5) is 28.1. The number of sulfonamides is 1. The molecular weight excluding hydrogens is 566 g/mol. The zero-order valence-electron chi connectivity index (χ0n) is 22.4. The molecule has 0 fully saturated rings. The number of aryl methyl sites for hydroxylation is 1. The molecule has 41 heavy (non-hydrogen) atoms. The van der Waals surface area contributed by atoms with Gasteiger partial charge in [0, 0.05) is 12.0 Å². The van der Waals surface area contributed by atoms with Crippen LogP contribution in [0, 0.1) is 0 Å². The smallest absolute Gasteiger partial charge is 0.449 e. The molecule has 0 saturated heterocycles. The molecular formula is C29H29N3O7S2. The second kappa shape index (κ2) is 13.4. The lowest BCUT2D eigenvalue weighted by Gasteiger charge is -2.14. The Kier molecular flexibility index (Phi) is 9.69. The van der Waals surface area contributed by atoms with Crippen LogP contribution in [0.15, 0.2) is 88.8 Å². The van der Waals surface area contributed by atoms with Crippen molar-refractivity contribution in [2.45, 2.75) is 42.8 Å². The first kappa shape index (κ1) is 29.7. The van der Waals surface area contributed by atoms with Gasteiger partial charge in [-0.2, -0.15) is 0 Å². The van der Waals surface area contributed by atoms with E-state index >= 15 is 0 Å². The molecule has 0 saturated carbocycles. The maximum Gasteiger partial charge on any atom is 0.512 e. The highest BCUT2D eigenvalue weighted by Gasteiger charge is 2.23. The van der Waals surface area contributed by atoms with E-state index in [1.54, 1.807) is 65.4 Å². The van der Waals surface area contributed by atoms with Crippen LogP contribution in [-0.4, -0.2) is 41.6 Å². The average Bonchev–Trinajstić information content (AvgIpc) is 3.27. The van der Waals surface area contributed by atoms with Gasteiger partial charge in [0.15, 0.2) is 5.03 Å². The van der Waals surface area contributed by atoms with Gasteiger partial charge in [0.25, 0.3) is 10.0 Å². The third kappa shape index (κ3) is 7.47. The second-order valence-electron chi connectivity index (χ2n) is 8.91. The number of thioether (sulfide) groups is 1. The first-order valence-corrected chi connectivity index (χ1v) is 15.4. The van der Waals surface area contributed by atoms with E-state index in [2.05, 4.69) is 4.98 Å². The number of amides is 1. The summed E-state index contributed by atoms with van der Waals surface area (Å²) in [7, 11) is -4.24. The van der Waals surface area contributed by atoms with Crippen molar-refractivity contribution in [2.24, 2.45) is 0 Å². The first-order chi connectivity index (χ1) is 19.7. The van der Waals surface area contributed by atoms with Crippen LogP contribution < -0.4 is 9.46 Å². The highest BCUT2D eigenvalue weighted by atomic mass is 32.2. The van der Waals surface area contributed by atoms with E-state index in [9.17, 15) is 23.1 Å². The molecule has 0 atom stereocenters. The maximum atomic E-state index is 13.1. The van der Waals surface area contributed by atoms with E-state index in [1.165, 1.54) is 17.8 Å². The van der Waals surface area contributed by atoms with Crippen LogP contribution in [0.1, 0.15) is 30.3 Å². The molecule has 0 bridgehead atoms. The van der Waals surface area contributed by atoms with Crippen molar-refractivity contribution in [1.29, 1.82) is 0 Å². The third-order valence-corrected chi connectivity index (χ3v) is 8.06. The number of benzene rings is 3. The van der Waals surface area contributed by atoms with E-state index in [0.29, 0.717) is 34.9 Å². The SMILES string of the molecule is CCCc1nc(SC)c(OC(=O)O)n1Cc1ccc(-c2ccccc2S(=O)(=O)NC(=O)OCc2ccccc2)cc1. The number of nitrogens with zero attached hydrogens (tertiary/aromatic N) is 2. The molecule has 12 heteroatoms. The first-order valence-electron chi connectivity index (χ1n) is 12.7. The van der Waals surface area contributed by atoms with Crippen molar-refractivity contribution in [1.82, 2.24) is 14.3 Å². The van der Waals surface area contributed by atoms with E-state index in [-0.39, 0.29) is 17.4 Å². The summed E-state index contributed by atoms with van der Waals surface area (Å²) in [6.07, 6.45) is 0.757. The number of aromatic nitrogens is 2. The van der Waals surface area contributed by atoms with Crippen LogP contribution >= 0.6 is 11.8 Å². The number of hydrogen-bond acceptors (Lipinski definition) is 8. The zero-order chi connectivity index (χ0) is 29.4. The minimum atomic E-state index is -4.24. The van der Waals surface area contributed by atoms with Crippen LogP contribution in [0.25, 0.3) is 11.1 Å². The highest BCUT2D eigenvalue weighted by Crippen LogP contribution is 2.32.